The van der Waals surface area contributed by atoms with Crippen molar-refractivity contribution in [1.82, 2.24) is 20.9 Å². The maximum atomic E-state index is 11.5. The lowest BCUT2D eigenvalue weighted by Gasteiger charge is -2.06. The SMILES string of the molecule is CNCCNC(=O)CNC(=O)c1ccccn1.Cl.Cl. The summed E-state index contributed by atoms with van der Waals surface area (Å²) in [6.45, 7) is 1.19. The van der Waals surface area contributed by atoms with Gasteiger partial charge in [-0.3, -0.25) is 14.6 Å². The van der Waals surface area contributed by atoms with Crippen LogP contribution in [0.4, 0.5) is 0 Å². The van der Waals surface area contributed by atoms with E-state index in [-0.39, 0.29) is 43.2 Å². The Hall–Kier alpha value is -1.37. The average molecular weight is 309 g/mol. The number of carbonyl (C=O) groups excluding carboxylic acids is 2. The number of hydrogen-bond donors (Lipinski definition) is 3. The molecule has 6 nitrogen and oxygen atoms in total. The van der Waals surface area contributed by atoms with E-state index in [0.29, 0.717) is 18.8 Å². The minimum absolute atomic E-state index is 0. The molecule has 0 atom stereocenters. The van der Waals surface area contributed by atoms with Crippen LogP contribution in [-0.4, -0.2) is 43.5 Å². The summed E-state index contributed by atoms with van der Waals surface area (Å²) in [7, 11) is 1.80. The maximum absolute atomic E-state index is 11.5. The summed E-state index contributed by atoms with van der Waals surface area (Å²) in [5.74, 6) is -0.570. The van der Waals surface area contributed by atoms with E-state index < -0.39 is 0 Å². The molecule has 0 radical (unpaired) electrons. The van der Waals surface area contributed by atoms with Gasteiger partial charge in [-0.1, -0.05) is 6.07 Å². The number of likely N-dealkylation sites (N-methyl/N-ethyl adjacent to an activating group) is 1. The van der Waals surface area contributed by atoms with E-state index in [0.717, 1.165) is 0 Å². The minimum atomic E-state index is -0.352. The van der Waals surface area contributed by atoms with Crippen LogP contribution < -0.4 is 16.0 Å². The van der Waals surface area contributed by atoms with Crippen LogP contribution in [-0.2, 0) is 4.79 Å². The van der Waals surface area contributed by atoms with Crippen molar-refractivity contribution in [2.75, 3.05) is 26.7 Å². The summed E-state index contributed by atoms with van der Waals surface area (Å²) >= 11 is 0. The number of nitrogens with one attached hydrogen (secondary N) is 3. The summed E-state index contributed by atoms with van der Waals surface area (Å²) in [4.78, 5) is 26.7. The van der Waals surface area contributed by atoms with Crippen molar-refractivity contribution in [2.24, 2.45) is 0 Å². The van der Waals surface area contributed by atoms with Crippen molar-refractivity contribution in [3.05, 3.63) is 30.1 Å². The molecule has 8 heteroatoms. The molecule has 2 amide bonds. The van der Waals surface area contributed by atoms with E-state index in [1.807, 2.05) is 0 Å². The van der Waals surface area contributed by atoms with Crippen molar-refractivity contribution in [3.8, 4) is 0 Å². The van der Waals surface area contributed by atoms with Crippen LogP contribution in [0.2, 0.25) is 0 Å². The number of nitrogens with zero attached hydrogens (tertiary/aromatic N) is 1. The van der Waals surface area contributed by atoms with Gasteiger partial charge in [-0.25, -0.2) is 0 Å². The van der Waals surface area contributed by atoms with Crippen molar-refractivity contribution >= 4 is 36.6 Å². The normalized spacial score (nSPS) is 8.68. The van der Waals surface area contributed by atoms with Crippen molar-refractivity contribution < 1.29 is 9.59 Å². The fourth-order valence-electron chi connectivity index (χ4n) is 1.14. The third kappa shape index (κ3) is 8.36. The summed E-state index contributed by atoms with van der Waals surface area (Å²) < 4.78 is 0. The van der Waals surface area contributed by atoms with Gasteiger partial charge in [0.1, 0.15) is 5.69 Å². The van der Waals surface area contributed by atoms with Gasteiger partial charge in [0.25, 0.3) is 5.91 Å². The van der Waals surface area contributed by atoms with Crippen LogP contribution in [0.25, 0.3) is 0 Å². The van der Waals surface area contributed by atoms with Gasteiger partial charge in [0.15, 0.2) is 0 Å². The highest BCUT2D eigenvalue weighted by Crippen LogP contribution is 1.91. The van der Waals surface area contributed by atoms with Gasteiger partial charge >= 0.3 is 0 Å². The van der Waals surface area contributed by atoms with Gasteiger partial charge in [-0.15, -0.1) is 24.8 Å². The molecule has 108 valence electrons. The number of pyridine rings is 1. The fraction of sp³-hybridized carbons (Fsp3) is 0.364. The molecule has 0 aliphatic heterocycles. The lowest BCUT2D eigenvalue weighted by molar-refractivity contribution is -0.120. The molecule has 0 unspecified atom stereocenters. The number of hydrogen-bond acceptors (Lipinski definition) is 4. The zero-order valence-electron chi connectivity index (χ0n) is 10.5. The predicted octanol–water partition coefficient (Wildman–Crippen LogP) is -0.00940. The number of amides is 2. The first-order chi connectivity index (χ1) is 8.24. The Kier molecular flexibility index (Phi) is 12.3. The number of rotatable bonds is 6. The molecular formula is C11H18Cl2N4O2. The number of halogens is 2. The van der Waals surface area contributed by atoms with E-state index in [4.69, 9.17) is 0 Å². The Bertz CT molecular complexity index is 376. The molecule has 0 spiro atoms. The molecule has 0 aromatic carbocycles. The van der Waals surface area contributed by atoms with Crippen LogP contribution in [0.3, 0.4) is 0 Å². The molecule has 1 rings (SSSR count). The average Bonchev–Trinajstić information content (AvgIpc) is 2.37. The second kappa shape index (κ2) is 11.7. The molecule has 19 heavy (non-hydrogen) atoms. The number of carbonyl (C=O) groups is 2. The Morgan fingerprint density at radius 3 is 2.47 bits per heavy atom. The molecule has 1 aromatic rings. The first-order valence-corrected chi connectivity index (χ1v) is 5.34. The van der Waals surface area contributed by atoms with Crippen LogP contribution in [0.1, 0.15) is 10.5 Å². The molecule has 1 aromatic heterocycles. The molecule has 1 heterocycles. The Morgan fingerprint density at radius 2 is 1.89 bits per heavy atom. The monoisotopic (exact) mass is 308 g/mol. The Morgan fingerprint density at radius 1 is 1.16 bits per heavy atom. The molecule has 0 fully saturated rings. The first-order valence-electron chi connectivity index (χ1n) is 5.34. The summed E-state index contributed by atoms with van der Waals surface area (Å²) in [6.07, 6.45) is 1.53. The van der Waals surface area contributed by atoms with Crippen LogP contribution >= 0.6 is 24.8 Å². The smallest absolute Gasteiger partial charge is 0.270 e. The fourth-order valence-corrected chi connectivity index (χ4v) is 1.14. The van der Waals surface area contributed by atoms with Gasteiger partial charge in [-0.05, 0) is 19.2 Å². The van der Waals surface area contributed by atoms with E-state index in [9.17, 15) is 9.59 Å². The zero-order chi connectivity index (χ0) is 12.5. The molecule has 0 aliphatic rings. The van der Waals surface area contributed by atoms with Crippen molar-refractivity contribution in [2.45, 2.75) is 0 Å². The van der Waals surface area contributed by atoms with E-state index in [1.165, 1.54) is 6.20 Å². The van der Waals surface area contributed by atoms with Crippen LogP contribution in [0.15, 0.2) is 24.4 Å². The van der Waals surface area contributed by atoms with Gasteiger partial charge in [0.2, 0.25) is 5.91 Å². The van der Waals surface area contributed by atoms with Gasteiger partial charge in [0, 0.05) is 19.3 Å². The molecule has 0 aliphatic carbocycles. The largest absolute Gasteiger partial charge is 0.353 e. The van der Waals surface area contributed by atoms with E-state index >= 15 is 0 Å². The van der Waals surface area contributed by atoms with E-state index in [2.05, 4.69) is 20.9 Å². The highest BCUT2D eigenvalue weighted by atomic mass is 35.5. The van der Waals surface area contributed by atoms with Crippen LogP contribution in [0, 0.1) is 0 Å². The summed E-state index contributed by atoms with van der Waals surface area (Å²) in [6, 6.07) is 5.03. The highest BCUT2D eigenvalue weighted by Gasteiger charge is 2.07. The summed E-state index contributed by atoms with van der Waals surface area (Å²) in [5, 5.41) is 8.05. The first kappa shape index (κ1) is 20.0. The number of aromatic nitrogens is 1. The van der Waals surface area contributed by atoms with Crippen LogP contribution in [0.5, 0.6) is 0 Å². The second-order valence-corrected chi connectivity index (χ2v) is 3.35. The Labute approximate surface area is 124 Å². The summed E-state index contributed by atoms with van der Waals surface area (Å²) in [5.41, 5.74) is 0.301. The lowest BCUT2D eigenvalue weighted by Crippen LogP contribution is -2.39. The molecule has 0 saturated carbocycles. The highest BCUT2D eigenvalue weighted by molar-refractivity contribution is 5.94. The molecular weight excluding hydrogens is 291 g/mol. The Balaban J connectivity index is 0. The standard InChI is InChI=1S/C11H16N4O2.2ClH/c1-12-6-7-14-10(16)8-15-11(17)9-4-2-3-5-13-9;;/h2-5,12H,6-8H2,1H3,(H,14,16)(H,15,17);2*1H. The zero-order valence-corrected chi connectivity index (χ0v) is 12.1. The molecule has 0 bridgehead atoms. The third-order valence-electron chi connectivity index (χ3n) is 2.00. The van der Waals surface area contributed by atoms with Gasteiger partial charge < -0.3 is 16.0 Å². The van der Waals surface area contributed by atoms with Crippen molar-refractivity contribution in [1.29, 1.82) is 0 Å². The third-order valence-corrected chi connectivity index (χ3v) is 2.00. The quantitative estimate of drug-likeness (QED) is 0.646. The van der Waals surface area contributed by atoms with Gasteiger partial charge in [0.05, 0.1) is 6.54 Å². The van der Waals surface area contributed by atoms with Crippen molar-refractivity contribution in [3.63, 3.8) is 0 Å². The second-order valence-electron chi connectivity index (χ2n) is 3.35. The minimum Gasteiger partial charge on any atom is -0.353 e. The predicted molar refractivity (Wildman–Crippen MR) is 78.0 cm³/mol. The van der Waals surface area contributed by atoms with E-state index in [1.54, 1.807) is 25.2 Å². The van der Waals surface area contributed by atoms with Gasteiger partial charge in [-0.2, -0.15) is 0 Å². The maximum Gasteiger partial charge on any atom is 0.270 e. The molecule has 0 saturated heterocycles. The topological polar surface area (TPSA) is 83.1 Å². The molecule has 3 N–H and O–H groups in total. The lowest BCUT2D eigenvalue weighted by atomic mass is 10.3.